The highest BCUT2D eigenvalue weighted by Crippen LogP contribution is 2.29. The van der Waals surface area contributed by atoms with Gasteiger partial charge in [-0.3, -0.25) is 0 Å². The van der Waals surface area contributed by atoms with Crippen LogP contribution in [0.1, 0.15) is 16.7 Å². The summed E-state index contributed by atoms with van der Waals surface area (Å²) in [4.78, 5) is 9.33. The molecule has 194 valence electrons. The van der Waals surface area contributed by atoms with E-state index in [9.17, 15) is 8.42 Å². The van der Waals surface area contributed by atoms with Crippen LogP contribution in [0.25, 0.3) is 0 Å². The summed E-state index contributed by atoms with van der Waals surface area (Å²) in [7, 11) is 0.741. The SMILES string of the molecule is CO/C(=N\c1cccc(S(=O)(=O)c2cccc(/N=C(\OC)c3ccccc3OC)c2)c1)c1ccccc1C. The number of sulfone groups is 1. The van der Waals surface area contributed by atoms with Crippen LogP contribution in [0.3, 0.4) is 0 Å². The van der Waals surface area contributed by atoms with Gasteiger partial charge in [0.25, 0.3) is 0 Å². The number of aliphatic imine (C=N–C) groups is 2. The molecule has 0 radical (unpaired) electrons. The lowest BCUT2D eigenvalue weighted by Gasteiger charge is -2.11. The molecule has 0 unspecified atom stereocenters. The maximum absolute atomic E-state index is 13.6. The fourth-order valence-corrected chi connectivity index (χ4v) is 5.22. The molecule has 0 aliphatic rings. The van der Waals surface area contributed by atoms with Gasteiger partial charge in [0.15, 0.2) is 0 Å². The quantitative estimate of drug-likeness (QED) is 0.208. The monoisotopic (exact) mass is 528 g/mol. The predicted octanol–water partition coefficient (Wildman–Crippen LogP) is 6.29. The van der Waals surface area contributed by atoms with Gasteiger partial charge in [0, 0.05) is 5.56 Å². The number of ether oxygens (including phenoxy) is 3. The predicted molar refractivity (Wildman–Crippen MR) is 149 cm³/mol. The summed E-state index contributed by atoms with van der Waals surface area (Å²) in [6.07, 6.45) is 0. The Morgan fingerprint density at radius 3 is 1.66 bits per heavy atom. The molecule has 0 fully saturated rings. The number of nitrogens with zero attached hydrogens (tertiary/aromatic N) is 2. The summed E-state index contributed by atoms with van der Waals surface area (Å²) >= 11 is 0. The van der Waals surface area contributed by atoms with Gasteiger partial charge in [-0.05, 0) is 67.1 Å². The third-order valence-corrected chi connectivity index (χ3v) is 7.57. The molecule has 0 spiro atoms. The summed E-state index contributed by atoms with van der Waals surface area (Å²) < 4.78 is 43.5. The smallest absolute Gasteiger partial charge is 0.224 e. The maximum atomic E-state index is 13.6. The highest BCUT2D eigenvalue weighted by molar-refractivity contribution is 7.91. The number of hydrogen-bond donors (Lipinski definition) is 0. The van der Waals surface area contributed by atoms with Gasteiger partial charge in [0.2, 0.25) is 21.6 Å². The second-order valence-corrected chi connectivity index (χ2v) is 10.2. The zero-order valence-electron chi connectivity index (χ0n) is 21.6. The first-order chi connectivity index (χ1) is 18.4. The molecule has 0 atom stereocenters. The van der Waals surface area contributed by atoms with Crippen LogP contribution in [0.4, 0.5) is 11.4 Å². The van der Waals surface area contributed by atoms with Gasteiger partial charge >= 0.3 is 0 Å². The Morgan fingerprint density at radius 1 is 0.632 bits per heavy atom. The minimum atomic E-state index is -3.86. The average Bonchev–Trinajstić information content (AvgIpc) is 2.95. The van der Waals surface area contributed by atoms with Crippen molar-refractivity contribution in [2.45, 2.75) is 16.7 Å². The zero-order chi connectivity index (χ0) is 27.1. The van der Waals surface area contributed by atoms with Crippen LogP contribution in [0.5, 0.6) is 5.75 Å². The molecule has 0 aromatic heterocycles. The molecule has 0 aliphatic heterocycles. The molecule has 0 saturated heterocycles. The summed E-state index contributed by atoms with van der Waals surface area (Å²) in [6.45, 7) is 1.96. The van der Waals surface area contributed by atoms with Crippen molar-refractivity contribution in [2.75, 3.05) is 21.3 Å². The topological polar surface area (TPSA) is 86.6 Å². The van der Waals surface area contributed by atoms with Crippen molar-refractivity contribution >= 4 is 33.0 Å². The molecular weight excluding hydrogens is 500 g/mol. The molecule has 4 aromatic rings. The largest absolute Gasteiger partial charge is 0.496 e. The van der Waals surface area contributed by atoms with Crippen molar-refractivity contribution in [1.29, 1.82) is 0 Å². The normalized spacial score (nSPS) is 12.2. The van der Waals surface area contributed by atoms with Crippen LogP contribution in [0.2, 0.25) is 0 Å². The van der Waals surface area contributed by atoms with Crippen LogP contribution in [-0.4, -0.2) is 41.5 Å². The Bertz CT molecular complexity index is 1610. The Kier molecular flexibility index (Phi) is 8.23. The Balaban J connectivity index is 1.70. The Morgan fingerprint density at radius 2 is 1.13 bits per heavy atom. The number of para-hydroxylation sites is 1. The van der Waals surface area contributed by atoms with Crippen molar-refractivity contribution in [3.05, 3.63) is 114 Å². The molecule has 0 aliphatic carbocycles. The summed E-state index contributed by atoms with van der Waals surface area (Å²) in [5.41, 5.74) is 3.36. The molecule has 7 nitrogen and oxygen atoms in total. The second-order valence-electron chi connectivity index (χ2n) is 8.26. The fourth-order valence-electron chi connectivity index (χ4n) is 3.88. The maximum Gasteiger partial charge on any atom is 0.224 e. The van der Waals surface area contributed by atoms with Crippen molar-refractivity contribution in [1.82, 2.24) is 0 Å². The van der Waals surface area contributed by atoms with Gasteiger partial charge in [-0.15, -0.1) is 0 Å². The molecule has 0 saturated carbocycles. The number of rotatable bonds is 7. The third-order valence-electron chi connectivity index (χ3n) is 5.82. The molecule has 38 heavy (non-hydrogen) atoms. The summed E-state index contributed by atoms with van der Waals surface area (Å²) in [5.74, 6) is 1.30. The minimum Gasteiger partial charge on any atom is -0.496 e. The van der Waals surface area contributed by atoms with E-state index >= 15 is 0 Å². The van der Waals surface area contributed by atoms with Gasteiger partial charge in [-0.2, -0.15) is 0 Å². The van der Waals surface area contributed by atoms with Crippen LogP contribution in [-0.2, 0) is 19.3 Å². The van der Waals surface area contributed by atoms with Gasteiger partial charge in [0.05, 0.1) is 48.1 Å². The molecular formula is C30H28N2O5S. The zero-order valence-corrected chi connectivity index (χ0v) is 22.4. The molecule has 0 N–H and O–H groups in total. The highest BCUT2D eigenvalue weighted by Gasteiger charge is 2.19. The standard InChI is InChI=1S/C30H28N2O5S/c1-21-11-5-6-16-26(21)29(36-3)31-22-12-9-14-24(19-22)38(33,34)25-15-10-13-23(20-25)32-30(37-4)27-17-7-8-18-28(27)35-2/h5-20H,1-4H3/b31-29-,32-30-. The summed E-state index contributed by atoms with van der Waals surface area (Å²) in [5, 5.41) is 0. The van der Waals surface area contributed by atoms with Gasteiger partial charge in [-0.1, -0.05) is 42.5 Å². The van der Waals surface area contributed by atoms with Crippen molar-refractivity contribution < 1.29 is 22.6 Å². The van der Waals surface area contributed by atoms with E-state index in [1.165, 1.54) is 32.4 Å². The number of methoxy groups -OCH3 is 3. The van der Waals surface area contributed by atoms with E-state index < -0.39 is 9.84 Å². The lowest BCUT2D eigenvalue weighted by molar-refractivity contribution is 0.390. The van der Waals surface area contributed by atoms with E-state index in [0.717, 1.165) is 11.1 Å². The lowest BCUT2D eigenvalue weighted by atomic mass is 10.1. The first-order valence-corrected chi connectivity index (χ1v) is 13.3. The number of benzene rings is 4. The van der Waals surface area contributed by atoms with Crippen LogP contribution >= 0.6 is 0 Å². The van der Waals surface area contributed by atoms with E-state index in [2.05, 4.69) is 9.98 Å². The van der Waals surface area contributed by atoms with Crippen LogP contribution < -0.4 is 4.74 Å². The first kappa shape index (κ1) is 26.6. The molecule has 4 rings (SSSR count). The van der Waals surface area contributed by atoms with E-state index in [1.807, 2.05) is 49.4 Å². The van der Waals surface area contributed by atoms with E-state index in [4.69, 9.17) is 14.2 Å². The van der Waals surface area contributed by atoms with Crippen molar-refractivity contribution in [3.63, 3.8) is 0 Å². The molecule has 4 aromatic carbocycles. The van der Waals surface area contributed by atoms with Gasteiger partial charge in [-0.25, -0.2) is 18.4 Å². The lowest BCUT2D eigenvalue weighted by Crippen LogP contribution is -2.06. The van der Waals surface area contributed by atoms with Crippen LogP contribution in [0.15, 0.2) is 117 Å². The molecule has 8 heteroatoms. The van der Waals surface area contributed by atoms with Crippen molar-refractivity contribution in [3.8, 4) is 5.75 Å². The first-order valence-electron chi connectivity index (χ1n) is 11.8. The Hall–Kier alpha value is -4.43. The van der Waals surface area contributed by atoms with Crippen LogP contribution in [0, 0.1) is 6.92 Å². The number of aryl methyl sites for hydroxylation is 1. The highest BCUT2D eigenvalue weighted by atomic mass is 32.2. The fraction of sp³-hybridized carbons (Fsp3) is 0.133. The average molecular weight is 529 g/mol. The van der Waals surface area contributed by atoms with Gasteiger partial charge < -0.3 is 14.2 Å². The Labute approximate surface area is 223 Å². The second kappa shape index (κ2) is 11.7. The van der Waals surface area contributed by atoms with Gasteiger partial charge in [0.1, 0.15) is 5.75 Å². The summed E-state index contributed by atoms with van der Waals surface area (Å²) in [6, 6.07) is 27.9. The van der Waals surface area contributed by atoms with Crippen molar-refractivity contribution in [2.24, 2.45) is 9.98 Å². The van der Waals surface area contributed by atoms with E-state index in [-0.39, 0.29) is 9.79 Å². The van der Waals surface area contributed by atoms with E-state index in [1.54, 1.807) is 43.5 Å². The van der Waals surface area contributed by atoms with E-state index in [0.29, 0.717) is 34.5 Å². The number of hydrogen-bond acceptors (Lipinski definition) is 7. The molecule has 0 amide bonds. The molecule has 0 heterocycles. The minimum absolute atomic E-state index is 0.0984. The third kappa shape index (κ3) is 5.76. The molecule has 0 bridgehead atoms.